The lowest BCUT2D eigenvalue weighted by Crippen LogP contribution is -2.49. The van der Waals surface area contributed by atoms with E-state index in [-0.39, 0.29) is 17.9 Å². The van der Waals surface area contributed by atoms with Crippen LogP contribution in [-0.2, 0) is 14.3 Å². The van der Waals surface area contributed by atoms with Gasteiger partial charge in [-0.15, -0.1) is 0 Å². The highest BCUT2D eigenvalue weighted by molar-refractivity contribution is 5.81. The van der Waals surface area contributed by atoms with Crippen molar-refractivity contribution in [1.82, 2.24) is 29.6 Å². The number of anilines is 4. The number of unbranched alkanes of at least 4 members (excludes halogenated alkanes) is 2. The van der Waals surface area contributed by atoms with Crippen LogP contribution in [0.25, 0.3) is 10.9 Å². The Balaban J connectivity index is 1.22. The number of piperazine rings is 1. The van der Waals surface area contributed by atoms with Crippen molar-refractivity contribution >= 4 is 46.2 Å². The lowest BCUT2D eigenvalue weighted by atomic mass is 10.1. The Morgan fingerprint density at radius 2 is 1.67 bits per heavy atom. The summed E-state index contributed by atoms with van der Waals surface area (Å²) in [4.78, 5) is 45.2. The van der Waals surface area contributed by atoms with Gasteiger partial charge in [0.2, 0.25) is 11.9 Å². The molecule has 42 heavy (non-hydrogen) atoms. The summed E-state index contributed by atoms with van der Waals surface area (Å²) < 4.78 is 6.96. The summed E-state index contributed by atoms with van der Waals surface area (Å²) in [6.45, 7) is 11.0. The van der Waals surface area contributed by atoms with E-state index in [1.807, 2.05) is 41.0 Å². The highest BCUT2D eigenvalue weighted by Gasteiger charge is 2.24. The molecule has 3 aromatic heterocycles. The van der Waals surface area contributed by atoms with Gasteiger partial charge >= 0.3 is 5.97 Å². The SMILES string of the molecule is CCOC(=O)CCCCCC(=O)N1CCN(c2nc(Nc3cc4c(cn3)cnn4C(C)C)cc(N3CCCC3)n2)CC1. The molecule has 0 aromatic carbocycles. The number of rotatable bonds is 12. The van der Waals surface area contributed by atoms with Crippen LogP contribution < -0.4 is 15.1 Å². The number of aromatic nitrogens is 5. The molecule has 3 aromatic rings. The topological polar surface area (TPSA) is 122 Å². The average Bonchev–Trinajstić information content (AvgIpc) is 3.68. The Labute approximate surface area is 247 Å². The maximum absolute atomic E-state index is 12.8. The molecule has 5 rings (SSSR count). The van der Waals surface area contributed by atoms with E-state index in [0.29, 0.717) is 63.2 Å². The van der Waals surface area contributed by atoms with E-state index in [0.717, 1.165) is 61.9 Å². The van der Waals surface area contributed by atoms with Crippen LogP contribution in [0.3, 0.4) is 0 Å². The van der Waals surface area contributed by atoms with Crippen LogP contribution >= 0.6 is 0 Å². The monoisotopic (exact) mass is 577 g/mol. The van der Waals surface area contributed by atoms with Crippen molar-refractivity contribution in [2.24, 2.45) is 0 Å². The number of hydrogen-bond donors (Lipinski definition) is 1. The van der Waals surface area contributed by atoms with Gasteiger partial charge in [0.05, 0.1) is 18.3 Å². The molecule has 2 fully saturated rings. The average molecular weight is 578 g/mol. The van der Waals surface area contributed by atoms with Gasteiger partial charge in [0.25, 0.3) is 0 Å². The first-order valence-corrected chi connectivity index (χ1v) is 15.3. The Kier molecular flexibility index (Phi) is 9.70. The fourth-order valence-corrected chi connectivity index (χ4v) is 5.56. The van der Waals surface area contributed by atoms with E-state index < -0.39 is 0 Å². The molecule has 0 bridgehead atoms. The van der Waals surface area contributed by atoms with Crippen LogP contribution in [0.1, 0.15) is 71.8 Å². The Morgan fingerprint density at radius 1 is 0.905 bits per heavy atom. The van der Waals surface area contributed by atoms with Crippen LogP contribution in [0.4, 0.5) is 23.4 Å². The van der Waals surface area contributed by atoms with Crippen LogP contribution in [0.2, 0.25) is 0 Å². The van der Waals surface area contributed by atoms with E-state index in [9.17, 15) is 9.59 Å². The first kappa shape index (κ1) is 29.5. The molecule has 0 saturated carbocycles. The summed E-state index contributed by atoms with van der Waals surface area (Å²) in [6.07, 6.45) is 9.30. The van der Waals surface area contributed by atoms with E-state index in [1.165, 1.54) is 0 Å². The number of esters is 1. The molecule has 0 radical (unpaired) electrons. The molecule has 2 aliphatic rings. The standard InChI is InChI=1S/C30H43N9O3/c1-4-42-29(41)11-7-5-6-10-28(40)37-14-16-38(17-15-37)30-34-26(19-27(35-30)36-12-8-9-13-36)33-25-18-24-23(20-31-25)21-32-39(24)22(2)3/h18-22H,4-17H2,1-3H3,(H,31,33,34,35). The zero-order valence-corrected chi connectivity index (χ0v) is 25.1. The second kappa shape index (κ2) is 13.8. The smallest absolute Gasteiger partial charge is 0.305 e. The molecule has 2 saturated heterocycles. The maximum atomic E-state index is 12.8. The largest absolute Gasteiger partial charge is 0.466 e. The predicted octanol–water partition coefficient (Wildman–Crippen LogP) is 4.31. The molecular formula is C30H43N9O3. The van der Waals surface area contributed by atoms with E-state index in [4.69, 9.17) is 14.7 Å². The molecule has 226 valence electrons. The molecule has 1 amide bonds. The fourth-order valence-electron chi connectivity index (χ4n) is 5.56. The second-order valence-electron chi connectivity index (χ2n) is 11.3. The number of nitrogens with zero attached hydrogens (tertiary/aromatic N) is 8. The first-order valence-electron chi connectivity index (χ1n) is 15.3. The number of ether oxygens (including phenoxy) is 1. The summed E-state index contributed by atoms with van der Waals surface area (Å²) in [5.41, 5.74) is 1.02. The molecule has 12 nitrogen and oxygen atoms in total. The van der Waals surface area contributed by atoms with Gasteiger partial charge in [-0.25, -0.2) is 4.98 Å². The molecular weight excluding hydrogens is 534 g/mol. The van der Waals surface area contributed by atoms with Gasteiger partial charge in [-0.1, -0.05) is 6.42 Å². The van der Waals surface area contributed by atoms with Gasteiger partial charge in [0.15, 0.2) is 0 Å². The van der Waals surface area contributed by atoms with Crippen molar-refractivity contribution in [2.45, 2.75) is 71.8 Å². The molecule has 5 heterocycles. The lowest BCUT2D eigenvalue weighted by molar-refractivity contribution is -0.143. The van der Waals surface area contributed by atoms with Gasteiger partial charge in [-0.2, -0.15) is 15.1 Å². The third-order valence-corrected chi connectivity index (χ3v) is 7.85. The lowest BCUT2D eigenvalue weighted by Gasteiger charge is -2.35. The van der Waals surface area contributed by atoms with Crippen molar-refractivity contribution in [3.05, 3.63) is 24.5 Å². The quantitative estimate of drug-likeness (QED) is 0.246. The molecule has 0 unspecified atom stereocenters. The molecule has 0 atom stereocenters. The summed E-state index contributed by atoms with van der Waals surface area (Å²) in [6, 6.07) is 4.26. The number of pyridine rings is 1. The van der Waals surface area contributed by atoms with Crippen molar-refractivity contribution < 1.29 is 14.3 Å². The molecule has 0 spiro atoms. The second-order valence-corrected chi connectivity index (χ2v) is 11.3. The van der Waals surface area contributed by atoms with Gasteiger partial charge in [-0.05, 0) is 46.5 Å². The Hall–Kier alpha value is -3.96. The molecule has 12 heteroatoms. The summed E-state index contributed by atoms with van der Waals surface area (Å²) in [5, 5.41) is 8.92. The summed E-state index contributed by atoms with van der Waals surface area (Å²) in [5.74, 6) is 2.99. The number of carbonyl (C=O) groups is 2. The molecule has 0 aliphatic carbocycles. The van der Waals surface area contributed by atoms with Crippen molar-refractivity contribution in [1.29, 1.82) is 0 Å². The van der Waals surface area contributed by atoms with Crippen LogP contribution in [-0.4, -0.2) is 87.4 Å². The van der Waals surface area contributed by atoms with Gasteiger partial charge < -0.3 is 24.8 Å². The van der Waals surface area contributed by atoms with Gasteiger partial charge in [0.1, 0.15) is 17.5 Å². The van der Waals surface area contributed by atoms with Crippen LogP contribution in [0, 0.1) is 0 Å². The van der Waals surface area contributed by atoms with Gasteiger partial charge in [-0.3, -0.25) is 14.3 Å². The summed E-state index contributed by atoms with van der Waals surface area (Å²) in [7, 11) is 0. The van der Waals surface area contributed by atoms with Crippen molar-refractivity contribution in [3.8, 4) is 0 Å². The number of nitrogens with one attached hydrogen (secondary N) is 1. The highest BCUT2D eigenvalue weighted by atomic mass is 16.5. The maximum Gasteiger partial charge on any atom is 0.305 e. The Bertz CT molecular complexity index is 1360. The number of hydrogen-bond acceptors (Lipinski definition) is 10. The number of amides is 1. The molecule has 1 N–H and O–H groups in total. The zero-order valence-electron chi connectivity index (χ0n) is 25.1. The van der Waals surface area contributed by atoms with E-state index in [2.05, 4.69) is 39.0 Å². The molecule has 2 aliphatic heterocycles. The fraction of sp³-hybridized carbons (Fsp3) is 0.600. The van der Waals surface area contributed by atoms with E-state index >= 15 is 0 Å². The van der Waals surface area contributed by atoms with Gasteiger partial charge in [0, 0.05) is 81.9 Å². The number of carbonyl (C=O) groups excluding carboxylic acids is 2. The highest BCUT2D eigenvalue weighted by Crippen LogP contribution is 2.27. The van der Waals surface area contributed by atoms with Crippen LogP contribution in [0.5, 0.6) is 0 Å². The Morgan fingerprint density at radius 3 is 2.40 bits per heavy atom. The van der Waals surface area contributed by atoms with Crippen LogP contribution in [0.15, 0.2) is 24.5 Å². The minimum absolute atomic E-state index is 0.162. The third-order valence-electron chi connectivity index (χ3n) is 7.85. The normalized spacial score (nSPS) is 15.6. The van der Waals surface area contributed by atoms with E-state index in [1.54, 1.807) is 0 Å². The zero-order chi connectivity index (χ0) is 29.5. The summed E-state index contributed by atoms with van der Waals surface area (Å²) >= 11 is 0. The third kappa shape index (κ3) is 7.27. The van der Waals surface area contributed by atoms with Crippen molar-refractivity contribution in [2.75, 3.05) is 61.0 Å². The van der Waals surface area contributed by atoms with Crippen molar-refractivity contribution in [3.63, 3.8) is 0 Å². The minimum atomic E-state index is -0.162. The predicted molar refractivity (Wildman–Crippen MR) is 163 cm³/mol. The first-order chi connectivity index (χ1) is 20.4. The number of fused-ring (bicyclic) bond motifs is 1. The minimum Gasteiger partial charge on any atom is -0.466 e.